The van der Waals surface area contributed by atoms with Gasteiger partial charge in [-0.3, -0.25) is 0 Å². The van der Waals surface area contributed by atoms with Gasteiger partial charge in [0.15, 0.2) is 11.2 Å². The zero-order chi connectivity index (χ0) is 53.6. The molecule has 0 spiro atoms. The summed E-state index contributed by atoms with van der Waals surface area (Å²) >= 11 is 0. The highest BCUT2D eigenvalue weighted by atomic mass is 28.4. The average molecular weight is 1060 g/mol. The molecular weight excluding hydrogens is 997 g/mol. The summed E-state index contributed by atoms with van der Waals surface area (Å²) in [6.45, 7) is 25.4. The predicted octanol–water partition coefficient (Wildman–Crippen LogP) is 20.8. The number of fused-ring (bicyclic) bond motifs is 16. The maximum atomic E-state index is 6.98. The van der Waals surface area contributed by atoms with Gasteiger partial charge in [0.2, 0.25) is 0 Å². The number of furan rings is 2. The second kappa shape index (κ2) is 17.3. The molecule has 1 aliphatic rings. The molecule has 4 nitrogen and oxygen atoms in total. The van der Waals surface area contributed by atoms with Crippen molar-refractivity contribution in [3.05, 3.63) is 223 Å². The second-order valence-corrected chi connectivity index (χ2v) is 41.0. The molecule has 78 heavy (non-hydrogen) atoms. The molecule has 0 fully saturated rings. The number of anilines is 6. The molecular formula is C71H64N2O2Si3. The normalized spacial score (nSPS) is 13.6. The van der Waals surface area contributed by atoms with E-state index in [4.69, 9.17) is 8.83 Å². The van der Waals surface area contributed by atoms with Crippen LogP contribution in [0.15, 0.2) is 215 Å². The van der Waals surface area contributed by atoms with E-state index >= 15 is 0 Å². The molecule has 0 saturated heterocycles. The molecule has 0 radical (unpaired) electrons. The molecule has 14 rings (SSSR count). The Bertz CT molecular complexity index is 4570. The number of benzene rings is 11. The molecule has 2 heterocycles. The summed E-state index contributed by atoms with van der Waals surface area (Å²) in [5.74, 6) is 0. The molecule has 0 aliphatic heterocycles. The Kier molecular flexibility index (Phi) is 10.7. The van der Waals surface area contributed by atoms with Crippen molar-refractivity contribution >= 4 is 140 Å². The van der Waals surface area contributed by atoms with E-state index in [0.717, 1.165) is 72.3 Å². The summed E-state index contributed by atoms with van der Waals surface area (Å²) in [6.07, 6.45) is 0. The molecule has 0 saturated carbocycles. The first-order valence-corrected chi connectivity index (χ1v) is 38.2. The van der Waals surface area contributed by atoms with E-state index < -0.39 is 24.2 Å². The standard InChI is InChI=1S/C71H64N2O2Si3/c1-45-33-35-46(36-34-45)72(61-29-19-27-57-52-23-15-17-31-64(52)74-69(57)61)48-39-42-56-59(43-48)50-21-11-13-25-54(50)67-66-55-26-14-12-22-51(55)63(44-60(66)71(68(56)67,77(5,6)7)78(8,9)10)73(47-37-40-49(41-38-47)76(2,3)4)62-30-20-28-58-53-24-16-18-32-65(53)75-70(58)62/h11-44H,1-10H3. The van der Waals surface area contributed by atoms with E-state index in [0.29, 0.717) is 0 Å². The predicted molar refractivity (Wildman–Crippen MR) is 344 cm³/mol. The minimum absolute atomic E-state index is 0.234. The van der Waals surface area contributed by atoms with Crippen LogP contribution in [0.4, 0.5) is 34.1 Å². The minimum atomic E-state index is -2.30. The van der Waals surface area contributed by atoms with Crippen LogP contribution in [0.25, 0.3) is 87.3 Å². The van der Waals surface area contributed by atoms with Gasteiger partial charge >= 0.3 is 0 Å². The lowest BCUT2D eigenvalue weighted by atomic mass is 9.89. The van der Waals surface area contributed by atoms with Gasteiger partial charge in [-0.1, -0.05) is 209 Å². The molecule has 13 aromatic rings. The fourth-order valence-electron chi connectivity index (χ4n) is 14.3. The van der Waals surface area contributed by atoms with E-state index in [9.17, 15) is 0 Å². The Labute approximate surface area is 460 Å². The third kappa shape index (κ3) is 7.00. The number of hydrogen-bond donors (Lipinski definition) is 0. The van der Waals surface area contributed by atoms with Crippen molar-refractivity contribution in [1.82, 2.24) is 0 Å². The van der Waals surface area contributed by atoms with Gasteiger partial charge in [0.25, 0.3) is 0 Å². The van der Waals surface area contributed by atoms with Crippen molar-refractivity contribution < 1.29 is 8.83 Å². The van der Waals surface area contributed by atoms with E-state index in [1.54, 1.807) is 0 Å². The van der Waals surface area contributed by atoms with Crippen LogP contribution >= 0.6 is 0 Å². The lowest BCUT2D eigenvalue weighted by Crippen LogP contribution is -2.63. The van der Waals surface area contributed by atoms with Crippen LogP contribution in [-0.2, 0) is 4.66 Å². The van der Waals surface area contributed by atoms with Gasteiger partial charge < -0.3 is 18.6 Å². The smallest absolute Gasteiger partial charge is 0.159 e. The van der Waals surface area contributed by atoms with E-state index in [1.807, 2.05) is 0 Å². The summed E-state index contributed by atoms with van der Waals surface area (Å²) < 4.78 is 13.6. The van der Waals surface area contributed by atoms with Crippen molar-refractivity contribution in [3.8, 4) is 11.1 Å². The SMILES string of the molecule is Cc1ccc(N(c2ccc3c4c(c5ccccc5c3c2)-c2c(cc(N(c3ccc([Si](C)(C)C)cc3)c3cccc5c3oc3ccccc35)c3ccccc23)C4([Si](C)(C)C)[Si](C)(C)C)c2cccc3c2oc2ccccc23)cc1. The van der Waals surface area contributed by atoms with Crippen LogP contribution < -0.4 is 15.0 Å². The van der Waals surface area contributed by atoms with Gasteiger partial charge in [0, 0.05) is 48.7 Å². The number of rotatable bonds is 9. The second-order valence-electron chi connectivity index (χ2n) is 24.9. The van der Waals surface area contributed by atoms with Crippen molar-refractivity contribution in [2.75, 3.05) is 9.80 Å². The first kappa shape index (κ1) is 48.4. The third-order valence-electron chi connectivity index (χ3n) is 17.3. The van der Waals surface area contributed by atoms with E-state index in [-0.39, 0.29) is 4.66 Å². The Morgan fingerprint density at radius 2 is 0.808 bits per heavy atom. The Morgan fingerprint density at radius 1 is 0.346 bits per heavy atom. The maximum absolute atomic E-state index is 6.98. The quantitative estimate of drug-likeness (QED) is 0.107. The Hall–Kier alpha value is -7.95. The lowest BCUT2D eigenvalue weighted by Gasteiger charge is -2.52. The number of para-hydroxylation sites is 4. The summed E-state index contributed by atoms with van der Waals surface area (Å²) in [4.78, 5) is 4.95. The summed E-state index contributed by atoms with van der Waals surface area (Å²) in [5.41, 5.74) is 17.1. The van der Waals surface area contributed by atoms with Crippen LogP contribution in [0, 0.1) is 6.92 Å². The fraction of sp³-hybridized carbons (Fsp3) is 0.155. The molecule has 11 aromatic carbocycles. The van der Waals surface area contributed by atoms with Crippen LogP contribution in [0.3, 0.4) is 0 Å². The Balaban J connectivity index is 1.09. The number of nitrogens with zero attached hydrogens (tertiary/aromatic N) is 2. The zero-order valence-corrected chi connectivity index (χ0v) is 49.3. The van der Waals surface area contributed by atoms with Crippen molar-refractivity contribution in [1.29, 1.82) is 0 Å². The minimum Gasteiger partial charge on any atom is -0.454 e. The molecule has 0 N–H and O–H groups in total. The van der Waals surface area contributed by atoms with Gasteiger partial charge in [0.1, 0.15) is 11.2 Å². The van der Waals surface area contributed by atoms with Gasteiger partial charge in [-0.05, 0) is 123 Å². The highest BCUT2D eigenvalue weighted by Crippen LogP contribution is 2.64. The first-order valence-electron chi connectivity index (χ1n) is 27.7. The summed E-state index contributed by atoms with van der Waals surface area (Å²) in [7, 11) is -6.22. The maximum Gasteiger partial charge on any atom is 0.159 e. The van der Waals surface area contributed by atoms with Crippen LogP contribution in [0.1, 0.15) is 16.7 Å². The van der Waals surface area contributed by atoms with E-state index in [1.165, 1.54) is 71.0 Å². The van der Waals surface area contributed by atoms with Gasteiger partial charge in [-0.15, -0.1) is 0 Å². The van der Waals surface area contributed by atoms with Gasteiger partial charge in [-0.25, -0.2) is 0 Å². The molecule has 7 heteroatoms. The highest BCUT2D eigenvalue weighted by Gasteiger charge is 2.60. The molecule has 382 valence electrons. The molecule has 1 aliphatic carbocycles. The van der Waals surface area contributed by atoms with Gasteiger partial charge in [-0.2, -0.15) is 0 Å². The van der Waals surface area contributed by atoms with Crippen molar-refractivity contribution in [2.24, 2.45) is 0 Å². The number of aryl methyl sites for hydroxylation is 1. The molecule has 0 unspecified atom stereocenters. The number of hydrogen-bond acceptors (Lipinski definition) is 4. The largest absolute Gasteiger partial charge is 0.454 e. The highest BCUT2D eigenvalue weighted by molar-refractivity contribution is 7.00. The monoisotopic (exact) mass is 1060 g/mol. The topological polar surface area (TPSA) is 32.8 Å². The van der Waals surface area contributed by atoms with Crippen LogP contribution in [0.2, 0.25) is 58.9 Å². The molecule has 0 bridgehead atoms. The summed E-state index contributed by atoms with van der Waals surface area (Å²) in [6, 6.07) is 77.2. The average Bonchev–Trinajstić information content (AvgIpc) is 4.32. The van der Waals surface area contributed by atoms with Gasteiger partial charge in [0.05, 0.1) is 41.3 Å². The Morgan fingerprint density at radius 3 is 1.37 bits per heavy atom. The lowest BCUT2D eigenvalue weighted by molar-refractivity contribution is 0.668. The zero-order valence-electron chi connectivity index (χ0n) is 46.3. The molecule has 0 amide bonds. The first-order chi connectivity index (χ1) is 37.5. The third-order valence-corrected chi connectivity index (χ3v) is 29.4. The van der Waals surface area contributed by atoms with Crippen LogP contribution in [-0.4, -0.2) is 24.2 Å². The van der Waals surface area contributed by atoms with Crippen molar-refractivity contribution in [3.63, 3.8) is 0 Å². The molecule has 0 atom stereocenters. The fourth-order valence-corrected chi connectivity index (χ4v) is 28.5. The van der Waals surface area contributed by atoms with Crippen LogP contribution in [0.5, 0.6) is 0 Å². The van der Waals surface area contributed by atoms with E-state index in [2.05, 4.69) is 282 Å². The van der Waals surface area contributed by atoms with Crippen molar-refractivity contribution in [2.45, 2.75) is 70.5 Å². The molecule has 2 aromatic heterocycles. The summed E-state index contributed by atoms with van der Waals surface area (Å²) in [5, 5.41) is 13.6.